The van der Waals surface area contributed by atoms with Gasteiger partial charge in [-0.15, -0.1) is 0 Å². The van der Waals surface area contributed by atoms with Gasteiger partial charge in [-0.3, -0.25) is 9.59 Å². The fourth-order valence-corrected chi connectivity index (χ4v) is 8.66. The highest BCUT2D eigenvalue weighted by atomic mass is 32.1. The number of nitrogens with one attached hydrogen (secondary N) is 2. The number of thiazole rings is 2. The van der Waals surface area contributed by atoms with Gasteiger partial charge in [-0.25, -0.2) is 23.1 Å². The first-order chi connectivity index (χ1) is 27.3. The van der Waals surface area contributed by atoms with Crippen LogP contribution in [-0.2, 0) is 6.18 Å². The van der Waals surface area contributed by atoms with Crippen LogP contribution in [0.25, 0.3) is 20.4 Å². The van der Waals surface area contributed by atoms with Gasteiger partial charge >= 0.3 is 6.18 Å². The molecule has 8 rings (SSSR count). The number of aromatic nitrogens is 2. The molecule has 0 spiro atoms. The second kappa shape index (κ2) is 16.5. The number of likely N-dealkylation sites (tertiary alicyclic amines) is 2. The quantitative estimate of drug-likeness (QED) is 0.147. The Balaban J connectivity index is 0.000000174. The number of methoxy groups -OCH3 is 2. The number of anilines is 2. The summed E-state index contributed by atoms with van der Waals surface area (Å²) in [7, 11) is 3.02. The minimum atomic E-state index is -4.58. The molecule has 10 nitrogen and oxygen atoms in total. The Morgan fingerprint density at radius 3 is 2.00 bits per heavy atom. The zero-order chi connectivity index (χ0) is 40.4. The smallest absolute Gasteiger partial charge is 0.417 e. The van der Waals surface area contributed by atoms with Crippen molar-refractivity contribution < 1.29 is 45.4 Å². The predicted molar refractivity (Wildman–Crippen MR) is 206 cm³/mol. The van der Waals surface area contributed by atoms with E-state index in [1.165, 1.54) is 66.9 Å². The lowest BCUT2D eigenvalue weighted by molar-refractivity contribution is -0.138. The molecule has 0 radical (unpaired) electrons. The number of rotatable bonds is 8. The van der Waals surface area contributed by atoms with Crippen molar-refractivity contribution in [3.63, 3.8) is 0 Å². The molecule has 4 heterocycles. The molecule has 0 saturated carbocycles. The molecular formula is C39H34F6N6O4S2. The third-order valence-electron chi connectivity index (χ3n) is 9.47. The average Bonchev–Trinajstić information content (AvgIpc) is 4.01. The average molecular weight is 829 g/mol. The van der Waals surface area contributed by atoms with E-state index in [9.17, 15) is 35.9 Å². The lowest BCUT2D eigenvalue weighted by Gasteiger charge is -2.20. The van der Waals surface area contributed by atoms with Crippen LogP contribution in [0.5, 0.6) is 11.5 Å². The molecule has 4 aromatic carbocycles. The maximum absolute atomic E-state index is 13.9. The zero-order valence-corrected chi connectivity index (χ0v) is 32.0. The first-order valence-corrected chi connectivity index (χ1v) is 19.2. The third-order valence-corrected chi connectivity index (χ3v) is 11.4. The van der Waals surface area contributed by atoms with Gasteiger partial charge in [0.15, 0.2) is 10.3 Å². The Morgan fingerprint density at radius 1 is 0.737 bits per heavy atom. The molecule has 0 bridgehead atoms. The number of benzene rings is 4. The minimum absolute atomic E-state index is 0.0480. The molecule has 2 N–H and O–H groups in total. The van der Waals surface area contributed by atoms with E-state index in [-0.39, 0.29) is 41.4 Å². The van der Waals surface area contributed by atoms with Crippen LogP contribution in [0.2, 0.25) is 0 Å². The zero-order valence-electron chi connectivity index (χ0n) is 30.3. The van der Waals surface area contributed by atoms with Crippen LogP contribution >= 0.6 is 22.7 Å². The largest absolute Gasteiger partial charge is 0.496 e. The van der Waals surface area contributed by atoms with Gasteiger partial charge in [0.1, 0.15) is 34.5 Å². The molecule has 2 aliphatic rings. The third kappa shape index (κ3) is 8.71. The Hall–Kier alpha value is -5.62. The highest BCUT2D eigenvalue weighted by molar-refractivity contribution is 7.22. The molecule has 2 aliphatic heterocycles. The molecule has 2 atom stereocenters. The normalized spacial score (nSPS) is 16.8. The molecule has 6 aromatic rings. The maximum atomic E-state index is 13.9. The number of alkyl halides is 3. The van der Waals surface area contributed by atoms with Crippen LogP contribution in [0.3, 0.4) is 0 Å². The summed E-state index contributed by atoms with van der Waals surface area (Å²) in [6.07, 6.45) is -3.29. The summed E-state index contributed by atoms with van der Waals surface area (Å²) in [5, 5.41) is 7.52. The van der Waals surface area contributed by atoms with Crippen LogP contribution < -0.4 is 20.1 Å². The molecule has 57 heavy (non-hydrogen) atoms. The van der Waals surface area contributed by atoms with Gasteiger partial charge in [0, 0.05) is 50.4 Å². The van der Waals surface area contributed by atoms with Gasteiger partial charge in [0.2, 0.25) is 0 Å². The molecule has 2 aromatic heterocycles. The number of nitrogens with zero attached hydrogens (tertiary/aromatic N) is 4. The van der Waals surface area contributed by atoms with Crippen LogP contribution in [0.15, 0.2) is 72.8 Å². The second-order valence-corrected chi connectivity index (χ2v) is 15.3. The summed E-state index contributed by atoms with van der Waals surface area (Å²) in [6.45, 7) is 1.62. The number of amides is 2. The Bertz CT molecular complexity index is 2420. The number of hydrogen-bond donors (Lipinski definition) is 2. The lowest BCUT2D eigenvalue weighted by atomic mass is 10.1. The van der Waals surface area contributed by atoms with Gasteiger partial charge in [0.25, 0.3) is 11.8 Å². The summed E-state index contributed by atoms with van der Waals surface area (Å²) in [5.41, 5.74) is 0.0602. The number of hydrogen-bond acceptors (Lipinski definition) is 10. The van der Waals surface area contributed by atoms with E-state index in [1.807, 2.05) is 0 Å². The summed E-state index contributed by atoms with van der Waals surface area (Å²) in [6, 6.07) is 16.2. The van der Waals surface area contributed by atoms with Gasteiger partial charge in [0.05, 0.1) is 45.8 Å². The monoisotopic (exact) mass is 828 g/mol. The van der Waals surface area contributed by atoms with E-state index in [2.05, 4.69) is 20.6 Å². The highest BCUT2D eigenvalue weighted by Gasteiger charge is 2.37. The molecule has 18 heteroatoms. The number of carbonyl (C=O) groups is 2. The van der Waals surface area contributed by atoms with Crippen molar-refractivity contribution in [2.75, 3.05) is 51.0 Å². The van der Waals surface area contributed by atoms with Crippen molar-refractivity contribution in [1.82, 2.24) is 19.8 Å². The Kier molecular flexibility index (Phi) is 11.4. The van der Waals surface area contributed by atoms with E-state index < -0.39 is 29.3 Å². The number of carbonyl (C=O) groups excluding carboxylic acids is 2. The summed E-state index contributed by atoms with van der Waals surface area (Å²) < 4.78 is 91.8. The fraction of sp³-hybridized carbons (Fsp3) is 0.282. The van der Waals surface area contributed by atoms with E-state index in [4.69, 9.17) is 9.47 Å². The van der Waals surface area contributed by atoms with Gasteiger partial charge < -0.3 is 29.9 Å². The number of ether oxygens (including phenoxy) is 2. The van der Waals surface area contributed by atoms with E-state index in [0.29, 0.717) is 74.7 Å². The SMILES string of the molecule is COc1cccc(OC)c1C(=O)N1CC[C@@H](Nc2nc3cc(F)cc(F)c3s2)C1.O=C(c1ccccc1C(F)(F)F)N1CC[C@@H](Nc2nc3ccc(F)cc3s2)C1. The molecule has 0 unspecified atom stereocenters. The van der Waals surface area contributed by atoms with E-state index in [0.717, 1.165) is 23.5 Å². The van der Waals surface area contributed by atoms with Gasteiger partial charge in [-0.2, -0.15) is 13.2 Å². The number of halogens is 6. The fourth-order valence-electron chi connectivity index (χ4n) is 6.76. The molecule has 2 amide bonds. The molecule has 2 fully saturated rings. The minimum Gasteiger partial charge on any atom is -0.496 e. The summed E-state index contributed by atoms with van der Waals surface area (Å²) in [4.78, 5) is 37.5. The van der Waals surface area contributed by atoms with Crippen LogP contribution in [0.1, 0.15) is 39.1 Å². The summed E-state index contributed by atoms with van der Waals surface area (Å²) >= 11 is 2.43. The predicted octanol–water partition coefficient (Wildman–Crippen LogP) is 8.70. The molecule has 2 saturated heterocycles. The van der Waals surface area contributed by atoms with Crippen LogP contribution in [-0.4, -0.2) is 84.1 Å². The molecule has 0 aliphatic carbocycles. The van der Waals surface area contributed by atoms with Crippen molar-refractivity contribution in [3.8, 4) is 11.5 Å². The van der Waals surface area contributed by atoms with Crippen molar-refractivity contribution >= 4 is 65.2 Å². The first kappa shape index (κ1) is 39.6. The van der Waals surface area contributed by atoms with Crippen molar-refractivity contribution in [2.45, 2.75) is 31.1 Å². The van der Waals surface area contributed by atoms with Crippen LogP contribution in [0.4, 0.5) is 36.6 Å². The standard InChI is InChI=1S/C20H19F2N3O3S.C19H15F4N3OS/c1-27-15-4-3-5-16(28-2)17(15)19(26)25-7-6-12(10-25)23-20-24-14-9-11(21)8-13(22)18(14)29-20;20-11-5-6-15-16(9-11)28-18(25-15)24-12-7-8-26(10-12)17(27)13-3-1-2-4-14(13)19(21,22)23/h3-5,8-9,12H,6-7,10H2,1-2H3,(H,23,24);1-6,9,12H,7-8,10H2,(H,24,25)/t2*12-/m11/s1. The Morgan fingerprint density at radius 2 is 1.35 bits per heavy atom. The van der Waals surface area contributed by atoms with E-state index in [1.54, 1.807) is 29.2 Å². The lowest BCUT2D eigenvalue weighted by Crippen LogP contribution is -2.32. The molecule has 298 valence electrons. The number of fused-ring (bicyclic) bond motifs is 2. The van der Waals surface area contributed by atoms with Crippen LogP contribution in [0, 0.1) is 17.5 Å². The van der Waals surface area contributed by atoms with Crippen molar-refractivity contribution in [1.29, 1.82) is 0 Å². The first-order valence-electron chi connectivity index (χ1n) is 17.6. The molecular weight excluding hydrogens is 795 g/mol. The second-order valence-electron chi connectivity index (χ2n) is 13.2. The van der Waals surface area contributed by atoms with Gasteiger partial charge in [-0.05, 0) is 55.3 Å². The highest BCUT2D eigenvalue weighted by Crippen LogP contribution is 2.35. The van der Waals surface area contributed by atoms with Crippen molar-refractivity contribution in [3.05, 3.63) is 107 Å². The summed E-state index contributed by atoms with van der Waals surface area (Å²) in [5.74, 6) is -1.54. The van der Waals surface area contributed by atoms with Gasteiger partial charge in [-0.1, -0.05) is 40.9 Å². The Labute approximate surface area is 330 Å². The van der Waals surface area contributed by atoms with E-state index >= 15 is 0 Å². The van der Waals surface area contributed by atoms with Crippen molar-refractivity contribution in [2.24, 2.45) is 0 Å². The maximum Gasteiger partial charge on any atom is 0.417 e. The topological polar surface area (TPSA) is 109 Å².